The summed E-state index contributed by atoms with van der Waals surface area (Å²) in [4.78, 5) is 0. The van der Waals surface area contributed by atoms with Crippen LogP contribution < -0.4 is 0 Å². The number of nitrogens with zero attached hydrogens (tertiary/aromatic N) is 3. The molecule has 0 unspecified atom stereocenters. The molecule has 2 aromatic rings. The van der Waals surface area contributed by atoms with Gasteiger partial charge in [-0.25, -0.2) is 9.07 Å². The molecule has 0 spiro atoms. The number of rotatable bonds is 5. The molecule has 1 aromatic heterocycles. The minimum absolute atomic E-state index is 0.144. The summed E-state index contributed by atoms with van der Waals surface area (Å²) in [6.45, 7) is 1.95. The number of halogens is 1. The summed E-state index contributed by atoms with van der Waals surface area (Å²) in [7, 11) is 0. The lowest BCUT2D eigenvalue weighted by Crippen LogP contribution is -2.04. The quantitative estimate of drug-likeness (QED) is 0.884. The lowest BCUT2D eigenvalue weighted by Gasteiger charge is -2.07. The van der Waals surface area contributed by atoms with E-state index in [2.05, 4.69) is 17.2 Å². The summed E-state index contributed by atoms with van der Waals surface area (Å²) in [5, 5.41) is 17.2. The van der Waals surface area contributed by atoms with E-state index in [9.17, 15) is 9.50 Å². The maximum absolute atomic E-state index is 13.2. The number of aliphatic hydroxyl groups is 1. The molecule has 0 aliphatic heterocycles. The van der Waals surface area contributed by atoms with Gasteiger partial charge in [0.15, 0.2) is 0 Å². The fourth-order valence-electron chi connectivity index (χ4n) is 1.87. The summed E-state index contributed by atoms with van der Waals surface area (Å²) in [5.41, 5.74) is 2.05. The highest BCUT2D eigenvalue weighted by atomic mass is 19.1. The Labute approximate surface area is 105 Å². The van der Waals surface area contributed by atoms with Crippen LogP contribution in [0.1, 0.15) is 31.2 Å². The number of aromatic nitrogens is 3. The third kappa shape index (κ3) is 2.56. The Morgan fingerprint density at radius 3 is 2.89 bits per heavy atom. The first kappa shape index (κ1) is 12.7. The van der Waals surface area contributed by atoms with E-state index in [1.54, 1.807) is 16.8 Å². The SMILES string of the molecule is CCCCc1c(CO)nnn1-c1cccc(F)c1. The molecule has 0 atom stereocenters. The minimum Gasteiger partial charge on any atom is -0.390 e. The molecule has 1 heterocycles. The van der Waals surface area contributed by atoms with Crippen LogP contribution in [-0.2, 0) is 13.0 Å². The fourth-order valence-corrected chi connectivity index (χ4v) is 1.87. The monoisotopic (exact) mass is 249 g/mol. The highest BCUT2D eigenvalue weighted by molar-refractivity contribution is 5.33. The highest BCUT2D eigenvalue weighted by Gasteiger charge is 2.13. The molecule has 4 nitrogen and oxygen atoms in total. The van der Waals surface area contributed by atoms with Crippen molar-refractivity contribution in [3.63, 3.8) is 0 Å². The van der Waals surface area contributed by atoms with Crippen LogP contribution >= 0.6 is 0 Å². The number of aliphatic hydroxyl groups excluding tert-OH is 1. The first-order valence-electron chi connectivity index (χ1n) is 6.06. The smallest absolute Gasteiger partial charge is 0.125 e. The maximum Gasteiger partial charge on any atom is 0.125 e. The Hall–Kier alpha value is -1.75. The van der Waals surface area contributed by atoms with E-state index in [-0.39, 0.29) is 12.4 Å². The average molecular weight is 249 g/mol. The van der Waals surface area contributed by atoms with Crippen molar-refractivity contribution in [2.45, 2.75) is 32.8 Å². The van der Waals surface area contributed by atoms with Crippen LogP contribution in [-0.4, -0.2) is 20.1 Å². The summed E-state index contributed by atoms with van der Waals surface area (Å²) in [5.74, 6) is -0.310. The number of unbranched alkanes of at least 4 members (excludes halogenated alkanes) is 1. The van der Waals surface area contributed by atoms with Gasteiger partial charge in [0.25, 0.3) is 0 Å². The number of hydrogen-bond donors (Lipinski definition) is 1. The molecule has 0 aliphatic carbocycles. The van der Waals surface area contributed by atoms with Crippen molar-refractivity contribution >= 4 is 0 Å². The van der Waals surface area contributed by atoms with Crippen molar-refractivity contribution in [1.82, 2.24) is 15.0 Å². The van der Waals surface area contributed by atoms with E-state index in [0.717, 1.165) is 25.0 Å². The molecule has 1 N–H and O–H groups in total. The molecule has 96 valence electrons. The Balaban J connectivity index is 2.40. The van der Waals surface area contributed by atoms with Crippen molar-refractivity contribution in [3.8, 4) is 5.69 Å². The van der Waals surface area contributed by atoms with Crippen molar-refractivity contribution in [3.05, 3.63) is 41.5 Å². The van der Waals surface area contributed by atoms with E-state index < -0.39 is 0 Å². The van der Waals surface area contributed by atoms with E-state index >= 15 is 0 Å². The van der Waals surface area contributed by atoms with Gasteiger partial charge >= 0.3 is 0 Å². The first-order valence-corrected chi connectivity index (χ1v) is 6.06. The van der Waals surface area contributed by atoms with Gasteiger partial charge < -0.3 is 5.11 Å². The zero-order valence-corrected chi connectivity index (χ0v) is 10.3. The molecule has 0 saturated heterocycles. The fraction of sp³-hybridized carbons (Fsp3) is 0.385. The van der Waals surface area contributed by atoms with Crippen LogP contribution in [0.2, 0.25) is 0 Å². The van der Waals surface area contributed by atoms with Gasteiger partial charge in [0.1, 0.15) is 11.5 Å². The van der Waals surface area contributed by atoms with Crippen molar-refractivity contribution in [2.75, 3.05) is 0 Å². The van der Waals surface area contributed by atoms with Gasteiger partial charge in [0, 0.05) is 0 Å². The molecule has 1 aromatic carbocycles. The standard InChI is InChI=1S/C13H16FN3O/c1-2-3-7-13-12(9-18)15-16-17(13)11-6-4-5-10(14)8-11/h4-6,8,18H,2-3,7,9H2,1H3. The van der Waals surface area contributed by atoms with E-state index in [1.165, 1.54) is 12.1 Å². The van der Waals surface area contributed by atoms with Gasteiger partial charge in [-0.2, -0.15) is 0 Å². The zero-order valence-electron chi connectivity index (χ0n) is 10.3. The van der Waals surface area contributed by atoms with E-state index in [0.29, 0.717) is 11.4 Å². The largest absolute Gasteiger partial charge is 0.390 e. The normalized spacial score (nSPS) is 10.8. The van der Waals surface area contributed by atoms with Crippen molar-refractivity contribution in [1.29, 1.82) is 0 Å². The Bertz CT molecular complexity index is 525. The first-order chi connectivity index (χ1) is 8.76. The van der Waals surface area contributed by atoms with Crippen LogP contribution in [0.15, 0.2) is 24.3 Å². The third-order valence-corrected chi connectivity index (χ3v) is 2.81. The van der Waals surface area contributed by atoms with Crippen LogP contribution in [0, 0.1) is 5.82 Å². The van der Waals surface area contributed by atoms with E-state index in [1.807, 2.05) is 0 Å². The third-order valence-electron chi connectivity index (χ3n) is 2.81. The van der Waals surface area contributed by atoms with Crippen molar-refractivity contribution in [2.24, 2.45) is 0 Å². The molecular formula is C13H16FN3O. The van der Waals surface area contributed by atoms with E-state index in [4.69, 9.17) is 0 Å². The second-order valence-corrected chi connectivity index (χ2v) is 4.14. The predicted octanol–water partition coefficient (Wildman–Crippen LogP) is 2.24. The van der Waals surface area contributed by atoms with Crippen LogP contribution in [0.25, 0.3) is 5.69 Å². The molecule has 0 fully saturated rings. The lowest BCUT2D eigenvalue weighted by atomic mass is 10.1. The Kier molecular flexibility index (Phi) is 4.04. The zero-order chi connectivity index (χ0) is 13.0. The number of hydrogen-bond acceptors (Lipinski definition) is 3. The van der Waals surface area contributed by atoms with Gasteiger partial charge in [-0.1, -0.05) is 24.6 Å². The predicted molar refractivity (Wildman–Crippen MR) is 65.9 cm³/mol. The molecule has 0 radical (unpaired) electrons. The van der Waals surface area contributed by atoms with Gasteiger partial charge in [0.2, 0.25) is 0 Å². The molecule has 0 bridgehead atoms. The topological polar surface area (TPSA) is 50.9 Å². The molecular weight excluding hydrogens is 233 g/mol. The Morgan fingerprint density at radius 1 is 1.39 bits per heavy atom. The lowest BCUT2D eigenvalue weighted by molar-refractivity contribution is 0.275. The molecule has 18 heavy (non-hydrogen) atoms. The second-order valence-electron chi connectivity index (χ2n) is 4.14. The maximum atomic E-state index is 13.2. The van der Waals surface area contributed by atoms with Crippen LogP contribution in [0.5, 0.6) is 0 Å². The van der Waals surface area contributed by atoms with Gasteiger partial charge in [-0.3, -0.25) is 0 Å². The highest BCUT2D eigenvalue weighted by Crippen LogP contribution is 2.16. The van der Waals surface area contributed by atoms with Crippen molar-refractivity contribution < 1.29 is 9.50 Å². The second kappa shape index (κ2) is 5.73. The Morgan fingerprint density at radius 2 is 2.22 bits per heavy atom. The average Bonchev–Trinajstić information content (AvgIpc) is 2.79. The summed E-state index contributed by atoms with van der Waals surface area (Å²) in [6, 6.07) is 6.20. The summed E-state index contributed by atoms with van der Waals surface area (Å²) >= 11 is 0. The van der Waals surface area contributed by atoms with Crippen LogP contribution in [0.3, 0.4) is 0 Å². The number of benzene rings is 1. The van der Waals surface area contributed by atoms with Gasteiger partial charge in [-0.05, 0) is 31.0 Å². The van der Waals surface area contributed by atoms with Gasteiger partial charge in [0.05, 0.1) is 18.0 Å². The molecule has 0 saturated carbocycles. The molecule has 0 amide bonds. The molecule has 5 heteroatoms. The molecule has 2 rings (SSSR count). The van der Waals surface area contributed by atoms with Gasteiger partial charge in [-0.15, -0.1) is 5.10 Å². The summed E-state index contributed by atoms with van der Waals surface area (Å²) < 4.78 is 14.8. The van der Waals surface area contributed by atoms with Crippen LogP contribution in [0.4, 0.5) is 4.39 Å². The summed E-state index contributed by atoms with van der Waals surface area (Å²) in [6.07, 6.45) is 2.80. The minimum atomic E-state index is -0.310. The molecule has 0 aliphatic rings.